The molecule has 0 aliphatic rings. The van der Waals surface area contributed by atoms with Gasteiger partial charge in [-0.05, 0) is 35.9 Å². The number of fused-ring (bicyclic) bond motifs is 1. The Kier molecular flexibility index (Phi) is 6.72. The standard InChI is InChI=1S/C25H25N5O4/c1-30(2)23-7-5-6-22(28-23)29-24(31)12-16-8-10-17(11-9-16)34-25-18-13-20(32-3)21(33-4)14-19(18)26-15-27-25/h5-11,13-15H,12H2,1-4H3,(H,28,29,31). The maximum atomic E-state index is 12.5. The summed E-state index contributed by atoms with van der Waals surface area (Å²) in [4.78, 5) is 27.3. The molecule has 0 saturated carbocycles. The Morgan fingerprint density at radius 2 is 1.71 bits per heavy atom. The molecule has 0 spiro atoms. The fourth-order valence-electron chi connectivity index (χ4n) is 3.34. The van der Waals surface area contributed by atoms with Crippen LogP contribution in [-0.2, 0) is 11.2 Å². The van der Waals surface area contributed by atoms with Gasteiger partial charge in [-0.2, -0.15) is 0 Å². The van der Waals surface area contributed by atoms with Gasteiger partial charge in [-0.25, -0.2) is 15.0 Å². The molecule has 2 aromatic carbocycles. The zero-order chi connectivity index (χ0) is 24.1. The van der Waals surface area contributed by atoms with E-state index >= 15 is 0 Å². The van der Waals surface area contributed by atoms with E-state index in [0.29, 0.717) is 39.8 Å². The number of carbonyl (C=O) groups excluding carboxylic acids is 1. The van der Waals surface area contributed by atoms with Gasteiger partial charge in [0.05, 0.1) is 31.5 Å². The van der Waals surface area contributed by atoms with Gasteiger partial charge in [0, 0.05) is 20.2 Å². The van der Waals surface area contributed by atoms with Crippen molar-refractivity contribution in [1.82, 2.24) is 15.0 Å². The van der Waals surface area contributed by atoms with E-state index in [-0.39, 0.29) is 12.3 Å². The van der Waals surface area contributed by atoms with Crippen molar-refractivity contribution in [2.24, 2.45) is 0 Å². The molecule has 0 fully saturated rings. The van der Waals surface area contributed by atoms with Crippen molar-refractivity contribution < 1.29 is 19.0 Å². The zero-order valence-electron chi connectivity index (χ0n) is 19.4. The third kappa shape index (κ3) is 5.15. The van der Waals surface area contributed by atoms with Gasteiger partial charge in [0.25, 0.3) is 0 Å². The number of methoxy groups -OCH3 is 2. The predicted molar refractivity (Wildman–Crippen MR) is 130 cm³/mol. The monoisotopic (exact) mass is 459 g/mol. The summed E-state index contributed by atoms with van der Waals surface area (Å²) in [6.07, 6.45) is 1.64. The second-order valence-electron chi connectivity index (χ2n) is 7.65. The van der Waals surface area contributed by atoms with Gasteiger partial charge in [0.2, 0.25) is 11.8 Å². The van der Waals surface area contributed by atoms with E-state index in [1.807, 2.05) is 43.3 Å². The first kappa shape index (κ1) is 22.8. The largest absolute Gasteiger partial charge is 0.493 e. The molecule has 0 aliphatic carbocycles. The molecule has 0 saturated heterocycles. The molecule has 2 heterocycles. The summed E-state index contributed by atoms with van der Waals surface area (Å²) in [5.74, 6) is 3.24. The minimum Gasteiger partial charge on any atom is -0.493 e. The van der Waals surface area contributed by atoms with Crippen molar-refractivity contribution in [2.45, 2.75) is 6.42 Å². The lowest BCUT2D eigenvalue weighted by molar-refractivity contribution is -0.115. The summed E-state index contributed by atoms with van der Waals surface area (Å²) >= 11 is 0. The Labute approximate surface area is 197 Å². The third-order valence-electron chi connectivity index (χ3n) is 5.07. The lowest BCUT2D eigenvalue weighted by Crippen LogP contribution is -2.17. The van der Waals surface area contributed by atoms with Gasteiger partial charge in [-0.3, -0.25) is 4.79 Å². The topological polar surface area (TPSA) is 98.7 Å². The van der Waals surface area contributed by atoms with Crippen LogP contribution >= 0.6 is 0 Å². The number of amides is 1. The smallest absolute Gasteiger partial charge is 0.230 e. The Morgan fingerprint density at radius 1 is 0.971 bits per heavy atom. The van der Waals surface area contributed by atoms with Crippen molar-refractivity contribution >= 4 is 28.4 Å². The van der Waals surface area contributed by atoms with Crippen molar-refractivity contribution in [1.29, 1.82) is 0 Å². The van der Waals surface area contributed by atoms with E-state index in [1.165, 1.54) is 6.33 Å². The van der Waals surface area contributed by atoms with Crippen LogP contribution in [0.4, 0.5) is 11.6 Å². The van der Waals surface area contributed by atoms with E-state index < -0.39 is 0 Å². The summed E-state index contributed by atoms with van der Waals surface area (Å²) in [7, 11) is 6.93. The van der Waals surface area contributed by atoms with Crippen LogP contribution in [0.5, 0.6) is 23.1 Å². The number of hydrogen-bond donors (Lipinski definition) is 1. The molecule has 1 N–H and O–H groups in total. The van der Waals surface area contributed by atoms with Crippen LogP contribution in [0, 0.1) is 0 Å². The van der Waals surface area contributed by atoms with Crippen LogP contribution in [0.2, 0.25) is 0 Å². The highest BCUT2D eigenvalue weighted by Gasteiger charge is 2.13. The van der Waals surface area contributed by atoms with Crippen LogP contribution in [0.15, 0.2) is 60.9 Å². The molecule has 9 nitrogen and oxygen atoms in total. The van der Waals surface area contributed by atoms with Crippen LogP contribution in [-0.4, -0.2) is 49.2 Å². The van der Waals surface area contributed by atoms with Gasteiger partial charge < -0.3 is 24.4 Å². The lowest BCUT2D eigenvalue weighted by atomic mass is 10.1. The number of aromatic nitrogens is 3. The van der Waals surface area contributed by atoms with Crippen LogP contribution < -0.4 is 24.4 Å². The molecule has 0 atom stereocenters. The SMILES string of the molecule is COc1cc2ncnc(Oc3ccc(CC(=O)Nc4cccc(N(C)C)n4)cc3)c2cc1OC. The quantitative estimate of drug-likeness (QED) is 0.421. The summed E-state index contributed by atoms with van der Waals surface area (Å²) in [5.41, 5.74) is 1.51. The number of anilines is 2. The fraction of sp³-hybridized carbons (Fsp3) is 0.200. The fourth-order valence-corrected chi connectivity index (χ4v) is 3.34. The first-order valence-corrected chi connectivity index (χ1v) is 10.5. The van der Waals surface area contributed by atoms with Gasteiger partial charge >= 0.3 is 0 Å². The molecule has 0 bridgehead atoms. The zero-order valence-corrected chi connectivity index (χ0v) is 19.4. The summed E-state index contributed by atoms with van der Waals surface area (Å²) in [5, 5.41) is 3.52. The van der Waals surface area contributed by atoms with Gasteiger partial charge in [-0.15, -0.1) is 0 Å². The maximum absolute atomic E-state index is 12.5. The van der Waals surface area contributed by atoms with Crippen LogP contribution in [0.1, 0.15) is 5.56 Å². The van der Waals surface area contributed by atoms with E-state index in [9.17, 15) is 4.79 Å². The Morgan fingerprint density at radius 3 is 2.41 bits per heavy atom. The van der Waals surface area contributed by atoms with E-state index in [4.69, 9.17) is 14.2 Å². The summed E-state index contributed by atoms with van der Waals surface area (Å²) < 4.78 is 16.7. The molecule has 9 heteroatoms. The average molecular weight is 460 g/mol. The number of hydrogen-bond acceptors (Lipinski definition) is 8. The molecule has 2 aromatic heterocycles. The Balaban J connectivity index is 1.45. The highest BCUT2D eigenvalue weighted by Crippen LogP contribution is 2.35. The first-order valence-electron chi connectivity index (χ1n) is 10.5. The van der Waals surface area contributed by atoms with Gasteiger partial charge in [-0.1, -0.05) is 18.2 Å². The molecule has 0 radical (unpaired) electrons. The molecule has 4 aromatic rings. The minimum absolute atomic E-state index is 0.153. The second-order valence-corrected chi connectivity index (χ2v) is 7.65. The number of nitrogens with zero attached hydrogens (tertiary/aromatic N) is 4. The maximum Gasteiger partial charge on any atom is 0.230 e. The average Bonchev–Trinajstić information content (AvgIpc) is 2.84. The number of nitrogens with one attached hydrogen (secondary N) is 1. The van der Waals surface area contributed by atoms with Crippen molar-refractivity contribution in [3.63, 3.8) is 0 Å². The highest BCUT2D eigenvalue weighted by molar-refractivity contribution is 5.91. The first-order chi connectivity index (χ1) is 16.5. The second kappa shape index (κ2) is 10.0. The van der Waals surface area contributed by atoms with Gasteiger partial charge in [0.15, 0.2) is 11.5 Å². The molecule has 34 heavy (non-hydrogen) atoms. The third-order valence-corrected chi connectivity index (χ3v) is 5.07. The molecular formula is C25H25N5O4. The number of carbonyl (C=O) groups is 1. The normalized spacial score (nSPS) is 10.6. The molecule has 174 valence electrons. The molecular weight excluding hydrogens is 434 g/mol. The predicted octanol–water partition coefficient (Wildman–Crippen LogP) is 4.08. The minimum atomic E-state index is -0.153. The van der Waals surface area contributed by atoms with Crippen LogP contribution in [0.25, 0.3) is 10.9 Å². The van der Waals surface area contributed by atoms with Crippen LogP contribution in [0.3, 0.4) is 0 Å². The number of benzene rings is 2. The van der Waals surface area contributed by atoms with E-state index in [0.717, 1.165) is 11.4 Å². The molecule has 0 unspecified atom stereocenters. The number of pyridine rings is 1. The van der Waals surface area contributed by atoms with E-state index in [2.05, 4.69) is 20.3 Å². The Bertz CT molecular complexity index is 1310. The number of ether oxygens (including phenoxy) is 3. The van der Waals surface area contributed by atoms with Crippen molar-refractivity contribution in [3.05, 3.63) is 66.5 Å². The summed E-state index contributed by atoms with van der Waals surface area (Å²) in [6, 6.07) is 16.3. The molecule has 4 rings (SSSR count). The molecule has 1 amide bonds. The number of rotatable bonds is 8. The summed E-state index contributed by atoms with van der Waals surface area (Å²) in [6.45, 7) is 0. The van der Waals surface area contributed by atoms with E-state index in [1.54, 1.807) is 44.6 Å². The highest BCUT2D eigenvalue weighted by atomic mass is 16.5. The lowest BCUT2D eigenvalue weighted by Gasteiger charge is -2.13. The Hall–Kier alpha value is -4.40. The van der Waals surface area contributed by atoms with Crippen molar-refractivity contribution in [2.75, 3.05) is 38.5 Å². The van der Waals surface area contributed by atoms with Crippen molar-refractivity contribution in [3.8, 4) is 23.1 Å². The molecule has 0 aliphatic heterocycles. The van der Waals surface area contributed by atoms with Gasteiger partial charge in [0.1, 0.15) is 23.7 Å².